The first-order valence-electron chi connectivity index (χ1n) is 14.9. The zero-order chi connectivity index (χ0) is 30.9. The van der Waals surface area contributed by atoms with Crippen molar-refractivity contribution < 1.29 is 15.1 Å². The average Bonchev–Trinajstić information content (AvgIpc) is 2.87. The number of benzene rings is 1. The Morgan fingerprint density at radius 1 is 1.07 bits per heavy atom. The standard InChI is InChI=1S/C24H38N2O3S2.2C3H8.C3H6/c1-23(2,3)19(11-24(4,5)26(6)28)12-25-13-20(27)21-8-7-16-9-17-14-30-31-15-18(17)10-22(16)29-21;3*1-3-2/h9-11,20-21,25,27-28H,7-8,12-15H2,1-6H3;2*3H2,1-2H3;3H,1H2,2H3/b19-11-;;;. The summed E-state index contributed by atoms with van der Waals surface area (Å²) in [6.45, 7) is 25.4. The molecular formula is C33H60N2O3S2. The number of rotatable bonds is 7. The van der Waals surface area contributed by atoms with E-state index >= 15 is 0 Å². The second-order valence-electron chi connectivity index (χ2n) is 12.1. The number of ether oxygens (including phenoxy) is 1. The minimum Gasteiger partial charge on any atom is -0.487 e. The number of allylic oxidation sites excluding steroid dienone is 1. The molecule has 232 valence electrons. The molecule has 0 aliphatic carbocycles. The van der Waals surface area contributed by atoms with E-state index in [4.69, 9.17) is 4.74 Å². The van der Waals surface area contributed by atoms with Gasteiger partial charge in [0.1, 0.15) is 18.0 Å². The summed E-state index contributed by atoms with van der Waals surface area (Å²) in [5.74, 6) is 3.03. The van der Waals surface area contributed by atoms with Crippen LogP contribution in [0.15, 0.2) is 36.4 Å². The van der Waals surface area contributed by atoms with E-state index < -0.39 is 11.6 Å². The highest BCUT2D eigenvalue weighted by Gasteiger charge is 2.29. The summed E-state index contributed by atoms with van der Waals surface area (Å²) in [5, 5.41) is 25.4. The van der Waals surface area contributed by atoms with Gasteiger partial charge < -0.3 is 20.4 Å². The number of hydrogen-bond acceptors (Lipinski definition) is 7. The molecule has 0 spiro atoms. The molecule has 3 N–H and O–H groups in total. The van der Waals surface area contributed by atoms with Crippen molar-refractivity contribution in [1.29, 1.82) is 0 Å². The Hall–Kier alpha value is -0.960. The molecule has 3 rings (SSSR count). The Morgan fingerprint density at radius 2 is 1.57 bits per heavy atom. The van der Waals surface area contributed by atoms with Gasteiger partial charge in [0, 0.05) is 31.6 Å². The minimum absolute atomic E-state index is 0.0408. The van der Waals surface area contributed by atoms with E-state index in [9.17, 15) is 10.3 Å². The van der Waals surface area contributed by atoms with Crippen LogP contribution < -0.4 is 10.1 Å². The van der Waals surface area contributed by atoms with Crippen LogP contribution in [0.25, 0.3) is 0 Å². The number of fused-ring (bicyclic) bond motifs is 2. The summed E-state index contributed by atoms with van der Waals surface area (Å²) >= 11 is 0. The molecule has 2 aliphatic rings. The van der Waals surface area contributed by atoms with Crippen molar-refractivity contribution in [3.63, 3.8) is 0 Å². The fourth-order valence-electron chi connectivity index (χ4n) is 3.83. The molecule has 0 aromatic heterocycles. The van der Waals surface area contributed by atoms with E-state index in [1.807, 2.05) is 42.4 Å². The van der Waals surface area contributed by atoms with Crippen molar-refractivity contribution in [2.45, 2.75) is 124 Å². The van der Waals surface area contributed by atoms with E-state index in [0.717, 1.165) is 30.1 Å². The van der Waals surface area contributed by atoms with Crippen molar-refractivity contribution in [3.8, 4) is 5.75 Å². The van der Waals surface area contributed by atoms with Crippen LogP contribution in [0.5, 0.6) is 5.75 Å². The minimum atomic E-state index is -0.566. The SMILES string of the molecule is C=CC.CCC.CCC.CN(O)C(C)(C)/C=C(/CNCC(O)C1CCc2cc3c(cc2O1)CSSC3)C(C)(C)C. The predicted molar refractivity (Wildman–Crippen MR) is 180 cm³/mol. The second-order valence-corrected chi connectivity index (χ2v) is 14.5. The topological polar surface area (TPSA) is 65.0 Å². The van der Waals surface area contributed by atoms with Gasteiger partial charge in [-0.2, -0.15) is 5.06 Å². The number of hydrogen-bond donors (Lipinski definition) is 3. The van der Waals surface area contributed by atoms with E-state index in [1.165, 1.54) is 40.2 Å². The maximum absolute atomic E-state index is 10.8. The van der Waals surface area contributed by atoms with Crippen LogP contribution in [0.4, 0.5) is 0 Å². The molecule has 0 fully saturated rings. The quantitative estimate of drug-likeness (QED) is 0.165. The number of aliphatic hydroxyl groups is 1. The van der Waals surface area contributed by atoms with Gasteiger partial charge in [-0.1, -0.05) is 107 Å². The maximum Gasteiger partial charge on any atom is 0.126 e. The number of nitrogens with one attached hydrogen (secondary N) is 1. The third-order valence-electron chi connectivity index (χ3n) is 6.29. The Labute approximate surface area is 255 Å². The van der Waals surface area contributed by atoms with Crippen molar-refractivity contribution in [3.05, 3.63) is 53.1 Å². The number of hydroxylamine groups is 2. The van der Waals surface area contributed by atoms with Crippen LogP contribution in [-0.4, -0.2) is 53.3 Å². The van der Waals surface area contributed by atoms with Gasteiger partial charge in [-0.3, -0.25) is 0 Å². The van der Waals surface area contributed by atoms with Gasteiger partial charge in [-0.15, -0.1) is 6.58 Å². The van der Waals surface area contributed by atoms with E-state index in [1.54, 1.807) is 13.1 Å². The van der Waals surface area contributed by atoms with Gasteiger partial charge >= 0.3 is 0 Å². The molecule has 2 unspecified atom stereocenters. The van der Waals surface area contributed by atoms with Gasteiger partial charge in [0.05, 0.1) is 5.54 Å². The molecule has 0 radical (unpaired) electrons. The molecule has 7 heteroatoms. The molecule has 0 saturated heterocycles. The van der Waals surface area contributed by atoms with Gasteiger partial charge in [0.25, 0.3) is 0 Å². The first-order chi connectivity index (χ1) is 18.7. The summed E-state index contributed by atoms with van der Waals surface area (Å²) in [7, 11) is 5.48. The highest BCUT2D eigenvalue weighted by Crippen LogP contribution is 2.41. The van der Waals surface area contributed by atoms with Crippen LogP contribution >= 0.6 is 21.6 Å². The lowest BCUT2D eigenvalue weighted by molar-refractivity contribution is -0.121. The van der Waals surface area contributed by atoms with Crippen LogP contribution in [0.3, 0.4) is 0 Å². The van der Waals surface area contributed by atoms with Crippen molar-refractivity contribution in [2.24, 2.45) is 5.41 Å². The van der Waals surface area contributed by atoms with Crippen molar-refractivity contribution in [1.82, 2.24) is 10.4 Å². The molecule has 0 saturated carbocycles. The van der Waals surface area contributed by atoms with Gasteiger partial charge in [-0.25, -0.2) is 0 Å². The monoisotopic (exact) mass is 596 g/mol. The fraction of sp³-hybridized carbons (Fsp3) is 0.697. The third-order valence-corrected chi connectivity index (χ3v) is 8.53. The van der Waals surface area contributed by atoms with Gasteiger partial charge in [-0.05, 0) is 61.8 Å². The number of nitrogens with zero attached hydrogens (tertiary/aromatic N) is 1. The zero-order valence-electron chi connectivity index (χ0n) is 27.4. The summed E-state index contributed by atoms with van der Waals surface area (Å²) in [6.07, 6.45) is 7.39. The molecule has 1 aromatic rings. The number of likely N-dealkylation sites (N-methyl/N-ethyl adjacent to an activating group) is 1. The highest BCUT2D eigenvalue weighted by atomic mass is 33.1. The molecule has 40 heavy (non-hydrogen) atoms. The molecule has 2 aliphatic heterocycles. The number of aryl methyl sites for hydroxylation is 1. The smallest absolute Gasteiger partial charge is 0.126 e. The lowest BCUT2D eigenvalue weighted by Crippen LogP contribution is -2.43. The molecule has 1 aromatic carbocycles. The van der Waals surface area contributed by atoms with E-state index in [-0.39, 0.29) is 11.5 Å². The highest BCUT2D eigenvalue weighted by molar-refractivity contribution is 8.76. The summed E-state index contributed by atoms with van der Waals surface area (Å²) in [4.78, 5) is 0. The van der Waals surface area contributed by atoms with Crippen LogP contribution in [0.2, 0.25) is 0 Å². The first kappa shape index (κ1) is 39.0. The Bertz CT molecular complexity index is 877. The molecule has 2 atom stereocenters. The number of aliphatic hydroxyl groups excluding tert-OH is 1. The molecule has 0 bridgehead atoms. The molecular weight excluding hydrogens is 537 g/mol. The average molecular weight is 597 g/mol. The largest absolute Gasteiger partial charge is 0.487 e. The fourth-order valence-corrected chi connectivity index (χ4v) is 6.05. The molecule has 5 nitrogen and oxygen atoms in total. The van der Waals surface area contributed by atoms with E-state index in [0.29, 0.717) is 13.1 Å². The Balaban J connectivity index is 0.00000149. The predicted octanol–water partition coefficient (Wildman–Crippen LogP) is 8.82. The van der Waals surface area contributed by atoms with Crippen LogP contribution in [-0.2, 0) is 17.9 Å². The Kier molecular flexibility index (Phi) is 19.6. The zero-order valence-corrected chi connectivity index (χ0v) is 29.0. The van der Waals surface area contributed by atoms with Crippen molar-refractivity contribution >= 4 is 21.6 Å². The lowest BCUT2D eigenvalue weighted by Gasteiger charge is -2.33. The normalized spacial score (nSPS) is 17.4. The molecule has 2 heterocycles. The molecule has 0 amide bonds. The summed E-state index contributed by atoms with van der Waals surface area (Å²) in [6, 6.07) is 4.50. The van der Waals surface area contributed by atoms with Crippen molar-refractivity contribution in [2.75, 3.05) is 20.1 Å². The third kappa shape index (κ3) is 14.3. The van der Waals surface area contributed by atoms with E-state index in [2.05, 4.69) is 78.6 Å². The van der Waals surface area contributed by atoms with Crippen LogP contribution in [0.1, 0.15) is 105 Å². The Morgan fingerprint density at radius 3 is 2.05 bits per heavy atom. The first-order valence-corrected chi connectivity index (χ1v) is 17.4. The summed E-state index contributed by atoms with van der Waals surface area (Å²) in [5.41, 5.74) is 4.77. The van der Waals surface area contributed by atoms with Gasteiger partial charge in [0.2, 0.25) is 0 Å². The van der Waals surface area contributed by atoms with Gasteiger partial charge in [0.15, 0.2) is 0 Å². The van der Waals surface area contributed by atoms with Crippen LogP contribution in [0, 0.1) is 5.41 Å². The summed E-state index contributed by atoms with van der Waals surface area (Å²) < 4.78 is 6.24. The maximum atomic E-state index is 10.8. The lowest BCUT2D eigenvalue weighted by atomic mass is 9.83. The second kappa shape index (κ2) is 20.0.